The van der Waals surface area contributed by atoms with Crippen molar-refractivity contribution < 1.29 is 13.2 Å². The summed E-state index contributed by atoms with van der Waals surface area (Å²) < 4.78 is 38.2. The summed E-state index contributed by atoms with van der Waals surface area (Å²) in [5, 5.41) is 0. The molecule has 0 bridgehead atoms. The van der Waals surface area contributed by atoms with Gasteiger partial charge in [-0.05, 0) is 30.4 Å². The molecule has 0 radical (unpaired) electrons. The van der Waals surface area contributed by atoms with Crippen molar-refractivity contribution in [3.63, 3.8) is 0 Å². The van der Waals surface area contributed by atoms with Crippen LogP contribution in [0.25, 0.3) is 0 Å². The van der Waals surface area contributed by atoms with E-state index in [2.05, 4.69) is 13.0 Å². The van der Waals surface area contributed by atoms with E-state index in [0.29, 0.717) is 5.92 Å². The molecule has 0 aromatic heterocycles. The highest BCUT2D eigenvalue weighted by Gasteiger charge is 2.33. The highest BCUT2D eigenvalue weighted by atomic mass is 19.4. The van der Waals surface area contributed by atoms with Crippen molar-refractivity contribution in [2.75, 3.05) is 0 Å². The average molecular weight is 254 g/mol. The Kier molecular flexibility index (Phi) is 3.26. The third-order valence-electron chi connectivity index (χ3n) is 3.65. The molecule has 0 saturated carbocycles. The summed E-state index contributed by atoms with van der Waals surface area (Å²) in [6, 6.07) is 5.69. The lowest BCUT2D eigenvalue weighted by Crippen LogP contribution is -2.25. The molecule has 18 heavy (non-hydrogen) atoms. The molecule has 3 heteroatoms. The molecular weight excluding hydrogens is 237 g/mol. The van der Waals surface area contributed by atoms with Gasteiger partial charge in [0.15, 0.2) is 0 Å². The van der Waals surface area contributed by atoms with Crippen LogP contribution >= 0.6 is 0 Å². The van der Waals surface area contributed by atoms with Crippen LogP contribution in [0, 0.1) is 5.92 Å². The molecule has 0 fully saturated rings. The summed E-state index contributed by atoms with van der Waals surface area (Å²) in [4.78, 5) is 0. The number of rotatable bonds is 1. The van der Waals surface area contributed by atoms with Crippen LogP contribution in [0.15, 0.2) is 36.4 Å². The van der Waals surface area contributed by atoms with Crippen LogP contribution in [0.5, 0.6) is 0 Å². The van der Waals surface area contributed by atoms with Crippen molar-refractivity contribution >= 4 is 0 Å². The van der Waals surface area contributed by atoms with Crippen LogP contribution in [-0.4, -0.2) is 0 Å². The molecule has 0 amide bonds. The molecule has 0 nitrogen and oxygen atoms in total. The van der Waals surface area contributed by atoms with E-state index in [4.69, 9.17) is 0 Å². The normalized spacial score (nSPS) is 28.4. The van der Waals surface area contributed by atoms with E-state index in [-0.39, 0.29) is 5.41 Å². The van der Waals surface area contributed by atoms with Crippen molar-refractivity contribution in [2.24, 2.45) is 5.92 Å². The number of benzene rings is 1. The Morgan fingerprint density at radius 2 is 2.00 bits per heavy atom. The van der Waals surface area contributed by atoms with Gasteiger partial charge in [-0.1, -0.05) is 44.2 Å². The number of allylic oxidation sites excluding steroid dienone is 2. The van der Waals surface area contributed by atoms with E-state index >= 15 is 0 Å². The Morgan fingerprint density at radius 3 is 2.61 bits per heavy atom. The molecule has 2 unspecified atom stereocenters. The Bertz CT molecular complexity index is 459. The van der Waals surface area contributed by atoms with Gasteiger partial charge in [0.1, 0.15) is 0 Å². The smallest absolute Gasteiger partial charge is 0.166 e. The second-order valence-corrected chi connectivity index (χ2v) is 5.44. The summed E-state index contributed by atoms with van der Waals surface area (Å²) in [6.07, 6.45) is 1.76. The molecule has 98 valence electrons. The third kappa shape index (κ3) is 2.60. The second kappa shape index (κ2) is 4.45. The van der Waals surface area contributed by atoms with E-state index < -0.39 is 11.7 Å². The van der Waals surface area contributed by atoms with Crippen LogP contribution in [0.2, 0.25) is 0 Å². The first-order valence-corrected chi connectivity index (χ1v) is 6.17. The summed E-state index contributed by atoms with van der Waals surface area (Å²) >= 11 is 0. The monoisotopic (exact) mass is 254 g/mol. The molecule has 2 atom stereocenters. The number of alkyl halides is 3. The lowest BCUT2D eigenvalue weighted by Gasteiger charge is -2.33. The third-order valence-corrected chi connectivity index (χ3v) is 3.65. The Morgan fingerprint density at radius 1 is 1.28 bits per heavy atom. The largest absolute Gasteiger partial charge is 0.416 e. The minimum absolute atomic E-state index is 0.279. The molecule has 1 aliphatic carbocycles. The molecule has 0 aliphatic heterocycles. The van der Waals surface area contributed by atoms with E-state index in [0.717, 1.165) is 24.5 Å². The van der Waals surface area contributed by atoms with Crippen molar-refractivity contribution in [1.29, 1.82) is 0 Å². The second-order valence-electron chi connectivity index (χ2n) is 5.44. The van der Waals surface area contributed by atoms with Crippen LogP contribution in [0.3, 0.4) is 0 Å². The molecule has 1 aliphatic rings. The van der Waals surface area contributed by atoms with E-state index in [1.165, 1.54) is 12.1 Å². The maximum absolute atomic E-state index is 12.7. The van der Waals surface area contributed by atoms with Crippen molar-refractivity contribution in [1.82, 2.24) is 0 Å². The minimum Gasteiger partial charge on any atom is -0.166 e. The minimum atomic E-state index is -4.27. The summed E-state index contributed by atoms with van der Waals surface area (Å²) in [6.45, 7) is 4.14. The van der Waals surface area contributed by atoms with Gasteiger partial charge in [-0.2, -0.15) is 13.2 Å². The van der Waals surface area contributed by atoms with Gasteiger partial charge in [0, 0.05) is 5.41 Å². The first kappa shape index (κ1) is 13.2. The van der Waals surface area contributed by atoms with Crippen molar-refractivity contribution in [3.05, 3.63) is 47.5 Å². The maximum atomic E-state index is 12.7. The Hall–Kier alpha value is -1.25. The fraction of sp³-hybridized carbons (Fsp3) is 0.467. The lowest BCUT2D eigenvalue weighted by molar-refractivity contribution is -0.137. The van der Waals surface area contributed by atoms with Gasteiger partial charge in [-0.25, -0.2) is 0 Å². The molecule has 1 aromatic carbocycles. The first-order chi connectivity index (χ1) is 8.31. The maximum Gasteiger partial charge on any atom is 0.416 e. The van der Waals surface area contributed by atoms with Gasteiger partial charge < -0.3 is 0 Å². The zero-order valence-electron chi connectivity index (χ0n) is 10.6. The molecule has 0 N–H and O–H groups in total. The number of hydrogen-bond acceptors (Lipinski definition) is 0. The van der Waals surface area contributed by atoms with Gasteiger partial charge in [0.2, 0.25) is 0 Å². The Labute approximate surface area is 106 Å². The van der Waals surface area contributed by atoms with Gasteiger partial charge >= 0.3 is 6.18 Å². The van der Waals surface area contributed by atoms with Crippen LogP contribution in [0.4, 0.5) is 13.2 Å². The lowest BCUT2D eigenvalue weighted by atomic mass is 9.71. The van der Waals surface area contributed by atoms with Crippen LogP contribution in [0.1, 0.15) is 37.8 Å². The van der Waals surface area contributed by atoms with Gasteiger partial charge in [0.05, 0.1) is 5.56 Å². The molecule has 0 heterocycles. The highest BCUT2D eigenvalue weighted by Crippen LogP contribution is 2.39. The molecule has 1 aromatic rings. The average Bonchev–Trinajstić information content (AvgIpc) is 2.28. The predicted octanol–water partition coefficient (Wildman–Crippen LogP) is 4.95. The van der Waals surface area contributed by atoms with E-state index in [1.807, 2.05) is 13.0 Å². The first-order valence-electron chi connectivity index (χ1n) is 6.17. The molecular formula is C15H17F3. The summed E-state index contributed by atoms with van der Waals surface area (Å²) in [5.74, 6) is 0.509. The number of hydrogen-bond donors (Lipinski definition) is 0. The zero-order valence-corrected chi connectivity index (χ0v) is 10.6. The van der Waals surface area contributed by atoms with Crippen molar-refractivity contribution in [2.45, 2.75) is 38.3 Å². The summed E-state index contributed by atoms with van der Waals surface area (Å²) in [5.41, 5.74) is -0.0909. The van der Waals surface area contributed by atoms with E-state index in [1.54, 1.807) is 6.07 Å². The fourth-order valence-corrected chi connectivity index (χ4v) is 2.70. The van der Waals surface area contributed by atoms with Crippen LogP contribution in [-0.2, 0) is 11.6 Å². The molecule has 2 rings (SSSR count). The van der Waals surface area contributed by atoms with Gasteiger partial charge in [0.25, 0.3) is 0 Å². The van der Waals surface area contributed by atoms with Gasteiger partial charge in [-0.3, -0.25) is 0 Å². The molecule has 0 spiro atoms. The van der Waals surface area contributed by atoms with E-state index in [9.17, 15) is 13.2 Å². The topological polar surface area (TPSA) is 0 Å². The number of halogens is 3. The van der Waals surface area contributed by atoms with Crippen molar-refractivity contribution in [3.8, 4) is 0 Å². The SMILES string of the molecule is CC1CC=CC(C)(c2cccc(C(F)(F)F)c2)C1. The summed E-state index contributed by atoms with van der Waals surface area (Å²) in [7, 11) is 0. The fourth-order valence-electron chi connectivity index (χ4n) is 2.70. The zero-order chi connectivity index (χ0) is 13.4. The predicted molar refractivity (Wildman–Crippen MR) is 66.3 cm³/mol. The van der Waals surface area contributed by atoms with Crippen LogP contribution < -0.4 is 0 Å². The Balaban J connectivity index is 2.39. The standard InChI is InChI=1S/C15H17F3/c1-11-5-4-8-14(2,10-11)12-6-3-7-13(9-12)15(16,17)18/h3-4,6-9,11H,5,10H2,1-2H3. The highest BCUT2D eigenvalue weighted by molar-refractivity contribution is 5.35. The molecule has 0 saturated heterocycles. The quantitative estimate of drug-likeness (QED) is 0.622. The van der Waals surface area contributed by atoms with Gasteiger partial charge in [-0.15, -0.1) is 0 Å².